The van der Waals surface area contributed by atoms with E-state index in [9.17, 15) is 9.59 Å². The molecule has 4 N–H and O–H groups in total. The maximum atomic E-state index is 11.2. The smallest absolute Gasteiger partial charge is 0.240 e. The minimum Gasteiger partial charge on any atom is -0.449 e. The third kappa shape index (κ3) is 5.45. The van der Waals surface area contributed by atoms with Gasteiger partial charge in [-0.1, -0.05) is 0 Å². The van der Waals surface area contributed by atoms with Crippen LogP contribution in [0.15, 0.2) is 21.7 Å². The number of furan rings is 1. The predicted octanol–water partition coefficient (Wildman–Crippen LogP) is 0.104. The third-order valence-electron chi connectivity index (χ3n) is 1.72. The van der Waals surface area contributed by atoms with Crippen LogP contribution in [0.25, 0.3) is 0 Å². The summed E-state index contributed by atoms with van der Waals surface area (Å²) in [5.74, 6) is 4.63. The van der Waals surface area contributed by atoms with Gasteiger partial charge < -0.3 is 4.42 Å². The highest BCUT2D eigenvalue weighted by atomic mass is 127. The minimum absolute atomic E-state index is 0.0239. The molecule has 8 heteroatoms. The van der Waals surface area contributed by atoms with Gasteiger partial charge in [-0.2, -0.15) is 5.10 Å². The summed E-state index contributed by atoms with van der Waals surface area (Å²) in [7, 11) is 0. The fraction of sp³-hybridized carbons (Fsp3) is 0.222. The number of amides is 2. The average molecular weight is 350 g/mol. The van der Waals surface area contributed by atoms with E-state index in [1.54, 1.807) is 12.1 Å². The molecule has 1 heterocycles. The number of carbonyl (C=O) groups is 2. The van der Waals surface area contributed by atoms with Gasteiger partial charge >= 0.3 is 0 Å². The van der Waals surface area contributed by atoms with Crippen molar-refractivity contribution >= 4 is 40.6 Å². The van der Waals surface area contributed by atoms with Crippen molar-refractivity contribution in [3.63, 3.8) is 0 Å². The summed E-state index contributed by atoms with van der Waals surface area (Å²) in [5, 5.41) is 3.67. The highest BCUT2D eigenvalue weighted by molar-refractivity contribution is 14.1. The summed E-state index contributed by atoms with van der Waals surface area (Å²) in [5.41, 5.74) is 4.20. The normalized spacial score (nSPS) is 10.5. The maximum absolute atomic E-state index is 11.2. The molecule has 0 saturated heterocycles. The monoisotopic (exact) mass is 350 g/mol. The number of nitrogens with one attached hydrogen (secondary N) is 2. The summed E-state index contributed by atoms with van der Waals surface area (Å²) in [6.07, 6.45) is 1.43. The first-order chi connectivity index (χ1) is 8.11. The molecule has 1 aromatic heterocycles. The lowest BCUT2D eigenvalue weighted by Crippen LogP contribution is -2.31. The van der Waals surface area contributed by atoms with Crippen molar-refractivity contribution in [1.29, 1.82) is 0 Å². The molecule has 0 aromatic carbocycles. The van der Waals surface area contributed by atoms with Gasteiger partial charge in [0.1, 0.15) is 5.76 Å². The summed E-state index contributed by atoms with van der Waals surface area (Å²) < 4.78 is 5.92. The Bertz CT molecular complexity index is 430. The zero-order valence-corrected chi connectivity index (χ0v) is 10.9. The summed E-state index contributed by atoms with van der Waals surface area (Å²) in [4.78, 5) is 21.9. The second kappa shape index (κ2) is 7.01. The highest BCUT2D eigenvalue weighted by Gasteiger charge is 2.04. The zero-order chi connectivity index (χ0) is 12.7. The van der Waals surface area contributed by atoms with E-state index in [2.05, 4.69) is 10.5 Å². The van der Waals surface area contributed by atoms with Crippen LogP contribution in [0.5, 0.6) is 0 Å². The molecule has 7 nitrogen and oxygen atoms in total. The van der Waals surface area contributed by atoms with Crippen molar-refractivity contribution in [2.45, 2.75) is 12.8 Å². The molecule has 0 aliphatic carbocycles. The van der Waals surface area contributed by atoms with E-state index < -0.39 is 5.91 Å². The van der Waals surface area contributed by atoms with E-state index in [0.29, 0.717) is 5.76 Å². The number of carbonyl (C=O) groups excluding carboxylic acids is 2. The molecular formula is C9H11IN4O3. The molecule has 0 aliphatic rings. The van der Waals surface area contributed by atoms with Gasteiger partial charge in [0.25, 0.3) is 0 Å². The summed E-state index contributed by atoms with van der Waals surface area (Å²) in [6, 6.07) is 3.49. The van der Waals surface area contributed by atoms with E-state index in [-0.39, 0.29) is 18.7 Å². The molecule has 2 amide bonds. The Balaban J connectivity index is 2.28. The van der Waals surface area contributed by atoms with Gasteiger partial charge in [0.2, 0.25) is 11.8 Å². The molecule has 0 spiro atoms. The van der Waals surface area contributed by atoms with E-state index in [0.717, 1.165) is 3.77 Å². The Hall–Kier alpha value is -1.42. The van der Waals surface area contributed by atoms with Crippen LogP contribution in [0.1, 0.15) is 18.6 Å². The number of hydrogen-bond donors (Lipinski definition) is 3. The van der Waals surface area contributed by atoms with Crippen molar-refractivity contribution < 1.29 is 14.0 Å². The zero-order valence-electron chi connectivity index (χ0n) is 8.77. The molecule has 0 fully saturated rings. The Morgan fingerprint density at radius 1 is 1.41 bits per heavy atom. The van der Waals surface area contributed by atoms with Gasteiger partial charge in [-0.25, -0.2) is 11.3 Å². The van der Waals surface area contributed by atoms with Gasteiger partial charge in [-0.3, -0.25) is 15.0 Å². The largest absolute Gasteiger partial charge is 0.449 e. The van der Waals surface area contributed by atoms with Gasteiger partial charge in [-0.15, -0.1) is 0 Å². The van der Waals surface area contributed by atoms with E-state index in [1.165, 1.54) is 6.21 Å². The van der Waals surface area contributed by atoms with E-state index in [4.69, 9.17) is 10.3 Å². The van der Waals surface area contributed by atoms with Crippen LogP contribution >= 0.6 is 22.6 Å². The number of hydrazine groups is 1. The fourth-order valence-corrected chi connectivity index (χ4v) is 1.35. The molecular weight excluding hydrogens is 339 g/mol. The number of rotatable bonds is 5. The standard InChI is InChI=1S/C9H11IN4O3/c10-7-2-1-6(17-7)5-12-14-9(16)4-3-8(15)13-11/h1-2,5H,3-4,11H2,(H,13,15)(H,14,16)/b12-5+. The Morgan fingerprint density at radius 2 is 2.12 bits per heavy atom. The Morgan fingerprint density at radius 3 is 2.71 bits per heavy atom. The lowest BCUT2D eigenvalue weighted by atomic mass is 10.3. The van der Waals surface area contributed by atoms with Crippen LogP contribution in [0, 0.1) is 3.77 Å². The molecule has 0 saturated carbocycles. The Kier molecular flexibility index (Phi) is 5.63. The first-order valence-electron chi connectivity index (χ1n) is 4.68. The number of halogens is 1. The molecule has 0 aliphatic heterocycles. The van der Waals surface area contributed by atoms with Crippen molar-refractivity contribution in [1.82, 2.24) is 10.9 Å². The SMILES string of the molecule is NNC(=O)CCC(=O)N/N=C/c1ccc(I)o1. The molecule has 92 valence electrons. The third-order valence-corrected chi connectivity index (χ3v) is 2.29. The predicted molar refractivity (Wildman–Crippen MR) is 68.7 cm³/mol. The fourth-order valence-electron chi connectivity index (χ4n) is 0.921. The van der Waals surface area contributed by atoms with Crippen LogP contribution in [-0.4, -0.2) is 18.0 Å². The molecule has 0 atom stereocenters. The van der Waals surface area contributed by atoms with Crippen LogP contribution in [0.3, 0.4) is 0 Å². The Labute approximate surface area is 111 Å². The molecule has 0 unspecified atom stereocenters. The van der Waals surface area contributed by atoms with E-state index >= 15 is 0 Å². The van der Waals surface area contributed by atoms with Crippen LogP contribution in [0.4, 0.5) is 0 Å². The average Bonchev–Trinajstić information content (AvgIpc) is 2.72. The van der Waals surface area contributed by atoms with Gasteiger partial charge in [0, 0.05) is 12.8 Å². The first-order valence-corrected chi connectivity index (χ1v) is 5.76. The summed E-state index contributed by atoms with van der Waals surface area (Å²) in [6.45, 7) is 0. The quantitative estimate of drug-likeness (QED) is 0.230. The lowest BCUT2D eigenvalue weighted by Gasteiger charge is -1.98. The molecule has 0 bridgehead atoms. The van der Waals surface area contributed by atoms with Gasteiger partial charge in [-0.05, 0) is 34.7 Å². The van der Waals surface area contributed by atoms with Crippen molar-refractivity contribution in [3.8, 4) is 0 Å². The second-order valence-electron chi connectivity index (χ2n) is 3.00. The number of hydrazone groups is 1. The van der Waals surface area contributed by atoms with E-state index in [1.807, 2.05) is 28.0 Å². The first kappa shape index (κ1) is 13.6. The van der Waals surface area contributed by atoms with Crippen LogP contribution in [0.2, 0.25) is 0 Å². The van der Waals surface area contributed by atoms with Crippen LogP contribution < -0.4 is 16.7 Å². The number of hydrogen-bond acceptors (Lipinski definition) is 5. The van der Waals surface area contributed by atoms with Crippen LogP contribution in [-0.2, 0) is 9.59 Å². The van der Waals surface area contributed by atoms with Gasteiger partial charge in [0.05, 0.1) is 6.21 Å². The lowest BCUT2D eigenvalue weighted by molar-refractivity contribution is -0.126. The maximum Gasteiger partial charge on any atom is 0.240 e. The molecule has 1 aromatic rings. The molecule has 17 heavy (non-hydrogen) atoms. The highest BCUT2D eigenvalue weighted by Crippen LogP contribution is 2.07. The molecule has 1 rings (SSSR count). The minimum atomic E-state index is -0.398. The topological polar surface area (TPSA) is 110 Å². The molecule has 0 radical (unpaired) electrons. The summed E-state index contributed by atoms with van der Waals surface area (Å²) >= 11 is 2.02. The van der Waals surface area contributed by atoms with Crippen molar-refractivity contribution in [3.05, 3.63) is 21.7 Å². The number of nitrogens with two attached hydrogens (primary N) is 1. The number of nitrogens with zero attached hydrogens (tertiary/aromatic N) is 1. The second-order valence-corrected chi connectivity index (χ2v) is 4.07. The van der Waals surface area contributed by atoms with Gasteiger partial charge in [0.15, 0.2) is 3.77 Å². The van der Waals surface area contributed by atoms with Crippen molar-refractivity contribution in [2.75, 3.05) is 0 Å². The van der Waals surface area contributed by atoms with Crippen molar-refractivity contribution in [2.24, 2.45) is 10.9 Å².